The van der Waals surface area contributed by atoms with Crippen molar-refractivity contribution in [3.8, 4) is 0 Å². The topological polar surface area (TPSA) is 69.8 Å². The molecule has 1 atom stereocenters. The molecule has 0 spiro atoms. The van der Waals surface area contributed by atoms with E-state index in [1.807, 2.05) is 0 Å². The average Bonchev–Trinajstić information content (AvgIpc) is 3.08. The van der Waals surface area contributed by atoms with Gasteiger partial charge in [0.05, 0.1) is 12.7 Å². The van der Waals surface area contributed by atoms with Crippen LogP contribution in [0, 0.1) is 11.6 Å². The molecule has 0 radical (unpaired) electrons. The van der Waals surface area contributed by atoms with Crippen molar-refractivity contribution in [3.63, 3.8) is 0 Å². The second-order valence-corrected chi connectivity index (χ2v) is 6.76. The Morgan fingerprint density at radius 2 is 2.15 bits per heavy atom. The maximum absolute atomic E-state index is 13.4. The van der Waals surface area contributed by atoms with Crippen molar-refractivity contribution < 1.29 is 23.2 Å². The van der Waals surface area contributed by atoms with Crippen LogP contribution in [0.4, 0.5) is 8.78 Å². The Morgan fingerprint density at radius 1 is 1.35 bits per heavy atom. The molecule has 1 amide bonds. The second kappa shape index (κ2) is 7.51. The number of benzene rings is 1. The smallest absolute Gasteiger partial charge is 0.256 e. The van der Waals surface area contributed by atoms with Crippen molar-refractivity contribution in [2.24, 2.45) is 0 Å². The lowest BCUT2D eigenvalue weighted by atomic mass is 9.90. The molecule has 2 heterocycles. The van der Waals surface area contributed by atoms with Gasteiger partial charge in [-0.25, -0.2) is 8.78 Å². The highest BCUT2D eigenvalue weighted by molar-refractivity contribution is 5.86. The number of likely N-dealkylation sites (N-methyl/N-ethyl adjacent to an activating group) is 1. The summed E-state index contributed by atoms with van der Waals surface area (Å²) < 4.78 is 31.5. The molecule has 1 aromatic heterocycles. The summed E-state index contributed by atoms with van der Waals surface area (Å²) in [5.74, 6) is -1.64. The molecule has 1 aliphatic rings. The van der Waals surface area contributed by atoms with Gasteiger partial charge in [-0.3, -0.25) is 9.69 Å². The number of hydrogen-bond acceptors (Lipinski definition) is 5. The number of likely N-dealkylation sites (tertiary alicyclic amines) is 1. The molecule has 1 aromatic carbocycles. The normalized spacial score (nSPS) is 20.8. The summed E-state index contributed by atoms with van der Waals surface area (Å²) in [7, 11) is 1.78. The maximum atomic E-state index is 13.4. The van der Waals surface area contributed by atoms with Crippen LogP contribution in [-0.4, -0.2) is 51.7 Å². The van der Waals surface area contributed by atoms with E-state index in [1.165, 1.54) is 17.2 Å². The molecular formula is C18H21F2N3O3. The van der Waals surface area contributed by atoms with Crippen LogP contribution in [-0.2, 0) is 17.9 Å². The van der Waals surface area contributed by atoms with Gasteiger partial charge < -0.3 is 14.5 Å². The van der Waals surface area contributed by atoms with Crippen LogP contribution < -0.4 is 0 Å². The molecule has 0 unspecified atom stereocenters. The van der Waals surface area contributed by atoms with E-state index in [0.717, 1.165) is 12.1 Å². The lowest BCUT2D eigenvalue weighted by Crippen LogP contribution is -2.57. The van der Waals surface area contributed by atoms with Crippen LogP contribution in [0.3, 0.4) is 0 Å². The van der Waals surface area contributed by atoms with Gasteiger partial charge in [0, 0.05) is 25.7 Å². The third-order valence-corrected chi connectivity index (χ3v) is 4.51. The highest BCUT2D eigenvalue weighted by atomic mass is 19.2. The molecule has 3 rings (SSSR count). The van der Waals surface area contributed by atoms with E-state index in [1.54, 1.807) is 18.0 Å². The number of hydrogen-bond donors (Lipinski definition) is 1. The van der Waals surface area contributed by atoms with Gasteiger partial charge >= 0.3 is 0 Å². The number of carbonyl (C=O) groups is 1. The first-order valence-corrected chi connectivity index (χ1v) is 8.41. The van der Waals surface area contributed by atoms with Gasteiger partial charge in [-0.05, 0) is 37.6 Å². The van der Waals surface area contributed by atoms with E-state index in [0.29, 0.717) is 37.3 Å². The van der Waals surface area contributed by atoms with Gasteiger partial charge in [0.15, 0.2) is 23.0 Å². The van der Waals surface area contributed by atoms with Crippen molar-refractivity contribution in [2.45, 2.75) is 31.5 Å². The summed E-state index contributed by atoms with van der Waals surface area (Å²) in [4.78, 5) is 16.1. The quantitative estimate of drug-likeness (QED) is 0.847. The molecule has 1 N–H and O–H groups in total. The Balaban J connectivity index is 1.66. The molecule has 26 heavy (non-hydrogen) atoms. The van der Waals surface area contributed by atoms with Crippen LogP contribution in [0.25, 0.3) is 0 Å². The minimum atomic E-state index is -1.52. The summed E-state index contributed by atoms with van der Waals surface area (Å²) in [6, 6.07) is 5.27. The highest BCUT2D eigenvalue weighted by Gasteiger charge is 2.42. The molecule has 1 saturated heterocycles. The summed E-state index contributed by atoms with van der Waals surface area (Å²) >= 11 is 0. The van der Waals surface area contributed by atoms with Crippen LogP contribution in [0.15, 0.2) is 35.0 Å². The van der Waals surface area contributed by atoms with E-state index in [9.17, 15) is 18.7 Å². The average molecular weight is 365 g/mol. The molecule has 0 aliphatic carbocycles. The third-order valence-electron chi connectivity index (χ3n) is 4.51. The first-order chi connectivity index (χ1) is 12.4. The Hall–Kier alpha value is -2.32. The van der Waals surface area contributed by atoms with E-state index < -0.39 is 23.1 Å². The first kappa shape index (κ1) is 18.5. The van der Waals surface area contributed by atoms with Crippen molar-refractivity contribution in [1.29, 1.82) is 0 Å². The van der Waals surface area contributed by atoms with Crippen molar-refractivity contribution in [2.75, 3.05) is 20.1 Å². The lowest BCUT2D eigenvalue weighted by Gasteiger charge is -2.40. The van der Waals surface area contributed by atoms with Crippen molar-refractivity contribution >= 4 is 5.91 Å². The highest BCUT2D eigenvalue weighted by Crippen LogP contribution is 2.26. The van der Waals surface area contributed by atoms with Gasteiger partial charge in [0.2, 0.25) is 0 Å². The monoisotopic (exact) mass is 365 g/mol. The van der Waals surface area contributed by atoms with Crippen molar-refractivity contribution in [3.05, 3.63) is 53.4 Å². The molecule has 2 aromatic rings. The zero-order valence-corrected chi connectivity index (χ0v) is 14.5. The third kappa shape index (κ3) is 4.08. The summed E-state index contributed by atoms with van der Waals surface area (Å²) in [5, 5.41) is 14.5. The lowest BCUT2D eigenvalue weighted by molar-refractivity contribution is -0.160. The van der Waals surface area contributed by atoms with Crippen LogP contribution in [0.5, 0.6) is 0 Å². The zero-order chi connectivity index (χ0) is 18.7. The molecule has 6 nitrogen and oxygen atoms in total. The summed E-state index contributed by atoms with van der Waals surface area (Å²) in [6.45, 7) is 1.15. The number of amides is 1. The van der Waals surface area contributed by atoms with E-state index >= 15 is 0 Å². The zero-order valence-electron chi connectivity index (χ0n) is 14.5. The minimum absolute atomic E-state index is 0.129. The Labute approximate surface area is 150 Å². The number of aromatic nitrogens is 1. The fourth-order valence-electron chi connectivity index (χ4n) is 3.31. The predicted molar refractivity (Wildman–Crippen MR) is 88.8 cm³/mol. The fourth-order valence-corrected chi connectivity index (χ4v) is 3.31. The standard InChI is InChI=1S/C18H21F2N3O3/c1-22(11-14-5-7-21-26-14)12-18(25)6-2-8-23(17(18)24)10-13-3-4-15(19)16(20)9-13/h3-5,7,9,25H,2,6,8,10-12H2,1H3/t18-/m1/s1. The van der Waals surface area contributed by atoms with Gasteiger partial charge in [-0.1, -0.05) is 11.2 Å². The van der Waals surface area contributed by atoms with E-state index in [2.05, 4.69) is 5.16 Å². The number of halogens is 2. The number of piperidine rings is 1. The van der Waals surface area contributed by atoms with Crippen LogP contribution >= 0.6 is 0 Å². The molecule has 8 heteroatoms. The van der Waals surface area contributed by atoms with Gasteiger partial charge in [-0.15, -0.1) is 0 Å². The number of aliphatic hydroxyl groups is 1. The van der Waals surface area contributed by atoms with Crippen molar-refractivity contribution in [1.82, 2.24) is 15.0 Å². The van der Waals surface area contributed by atoms with Gasteiger partial charge in [0.25, 0.3) is 5.91 Å². The van der Waals surface area contributed by atoms with E-state index in [4.69, 9.17) is 4.52 Å². The molecule has 0 bridgehead atoms. The number of rotatable bonds is 6. The molecule has 140 valence electrons. The number of nitrogens with zero attached hydrogens (tertiary/aromatic N) is 3. The fraction of sp³-hybridized carbons (Fsp3) is 0.444. The molecule has 1 aliphatic heterocycles. The Kier molecular flexibility index (Phi) is 5.33. The molecule has 1 fully saturated rings. The summed E-state index contributed by atoms with van der Waals surface area (Å²) in [6.07, 6.45) is 2.51. The SMILES string of the molecule is CN(Cc1ccno1)C[C@]1(O)CCCN(Cc2ccc(F)c(F)c2)C1=O. The molecule has 0 saturated carbocycles. The van der Waals surface area contributed by atoms with Gasteiger partial charge in [-0.2, -0.15) is 0 Å². The number of carbonyl (C=O) groups excluding carboxylic acids is 1. The largest absolute Gasteiger partial charge is 0.379 e. The predicted octanol–water partition coefficient (Wildman–Crippen LogP) is 1.94. The van der Waals surface area contributed by atoms with Gasteiger partial charge in [0.1, 0.15) is 0 Å². The minimum Gasteiger partial charge on any atom is -0.379 e. The first-order valence-electron chi connectivity index (χ1n) is 8.41. The van der Waals surface area contributed by atoms with E-state index in [-0.39, 0.29) is 13.1 Å². The maximum Gasteiger partial charge on any atom is 0.256 e. The Morgan fingerprint density at radius 3 is 2.85 bits per heavy atom. The Bertz CT molecular complexity index is 769. The second-order valence-electron chi connectivity index (χ2n) is 6.76. The van der Waals surface area contributed by atoms with Crippen LogP contribution in [0.1, 0.15) is 24.2 Å². The van der Waals surface area contributed by atoms with Crippen LogP contribution in [0.2, 0.25) is 0 Å². The molecular weight excluding hydrogens is 344 g/mol. The summed E-state index contributed by atoms with van der Waals surface area (Å²) in [5.41, 5.74) is -1.04.